The minimum absolute atomic E-state index is 0.197. The van der Waals surface area contributed by atoms with Crippen LogP contribution in [0.3, 0.4) is 0 Å². The lowest BCUT2D eigenvalue weighted by atomic mass is 9.72. The largest absolute Gasteiger partial charge is 0.382 e. The lowest BCUT2D eigenvalue weighted by Crippen LogP contribution is -2.57. The van der Waals surface area contributed by atoms with Gasteiger partial charge < -0.3 is 14.8 Å². The Bertz CT molecular complexity index is 393. The molecule has 0 amide bonds. The van der Waals surface area contributed by atoms with Gasteiger partial charge in [0, 0.05) is 37.2 Å². The van der Waals surface area contributed by atoms with Gasteiger partial charge in [0.2, 0.25) is 0 Å². The van der Waals surface area contributed by atoms with E-state index in [9.17, 15) is 0 Å². The molecule has 1 aliphatic heterocycles. The maximum Gasteiger partial charge on any atom is 0.0700 e. The summed E-state index contributed by atoms with van der Waals surface area (Å²) in [5.74, 6) is 0. The van der Waals surface area contributed by atoms with Crippen molar-refractivity contribution in [2.45, 2.75) is 18.3 Å². The summed E-state index contributed by atoms with van der Waals surface area (Å²) < 4.78 is 10.5. The highest BCUT2D eigenvalue weighted by Gasteiger charge is 2.39. The Morgan fingerprint density at radius 3 is 2.63 bits per heavy atom. The fourth-order valence-corrected chi connectivity index (χ4v) is 2.91. The molecule has 1 N–H and O–H groups in total. The fraction of sp³-hybridized carbons (Fsp3) is 0.600. The molecule has 0 bridgehead atoms. The number of ether oxygens (including phenoxy) is 2. The Kier molecular flexibility index (Phi) is 5.64. The first-order valence-electron chi connectivity index (χ1n) is 6.81. The van der Waals surface area contributed by atoms with Crippen LogP contribution in [0.2, 0.25) is 5.02 Å². The molecule has 0 atom stereocenters. The van der Waals surface area contributed by atoms with Gasteiger partial charge in [0.25, 0.3) is 0 Å². The second-order valence-electron chi connectivity index (χ2n) is 5.07. The van der Waals surface area contributed by atoms with E-state index in [0.717, 1.165) is 37.6 Å². The van der Waals surface area contributed by atoms with Crippen LogP contribution in [-0.4, -0.2) is 40.0 Å². The van der Waals surface area contributed by atoms with Gasteiger partial charge >= 0.3 is 0 Å². The Labute approximate surface area is 120 Å². The monoisotopic (exact) mass is 283 g/mol. The van der Waals surface area contributed by atoms with E-state index in [1.165, 1.54) is 5.56 Å². The van der Waals surface area contributed by atoms with Crippen molar-refractivity contribution >= 4 is 11.6 Å². The molecule has 0 aromatic heterocycles. The minimum atomic E-state index is 0.197. The molecule has 106 valence electrons. The zero-order valence-electron chi connectivity index (χ0n) is 11.5. The Hall–Kier alpha value is -0.610. The lowest BCUT2D eigenvalue weighted by Gasteiger charge is -2.44. The van der Waals surface area contributed by atoms with Crippen molar-refractivity contribution in [2.24, 2.45) is 0 Å². The van der Waals surface area contributed by atoms with Gasteiger partial charge in [-0.1, -0.05) is 29.8 Å². The molecular weight excluding hydrogens is 262 g/mol. The lowest BCUT2D eigenvalue weighted by molar-refractivity contribution is 0.0644. The van der Waals surface area contributed by atoms with Crippen LogP contribution in [0.25, 0.3) is 0 Å². The summed E-state index contributed by atoms with van der Waals surface area (Å²) in [5.41, 5.74) is 1.47. The summed E-state index contributed by atoms with van der Waals surface area (Å²) in [6, 6.07) is 8.18. The Morgan fingerprint density at radius 2 is 2.00 bits per heavy atom. The van der Waals surface area contributed by atoms with Crippen LogP contribution < -0.4 is 5.32 Å². The average molecular weight is 284 g/mol. The van der Waals surface area contributed by atoms with E-state index < -0.39 is 0 Å². The molecule has 1 heterocycles. The van der Waals surface area contributed by atoms with Gasteiger partial charge in [-0.3, -0.25) is 0 Å². The summed E-state index contributed by atoms with van der Waals surface area (Å²) in [5, 5.41) is 4.25. The molecule has 2 rings (SSSR count). The van der Waals surface area contributed by atoms with Crippen LogP contribution in [0, 0.1) is 0 Å². The van der Waals surface area contributed by atoms with Crippen molar-refractivity contribution in [2.75, 3.05) is 40.0 Å². The molecule has 0 saturated carbocycles. The predicted octanol–water partition coefficient (Wildman–Crippen LogP) is 2.62. The average Bonchev–Trinajstić information content (AvgIpc) is 2.37. The van der Waals surface area contributed by atoms with Crippen LogP contribution in [0.4, 0.5) is 0 Å². The maximum atomic E-state index is 6.33. The number of halogens is 1. The first-order valence-corrected chi connectivity index (χ1v) is 7.19. The summed E-state index contributed by atoms with van der Waals surface area (Å²) in [4.78, 5) is 0. The number of nitrogens with one attached hydrogen (secondary N) is 1. The van der Waals surface area contributed by atoms with Gasteiger partial charge in [0.15, 0.2) is 0 Å². The van der Waals surface area contributed by atoms with Gasteiger partial charge in [-0.15, -0.1) is 0 Å². The van der Waals surface area contributed by atoms with Crippen molar-refractivity contribution in [3.8, 4) is 0 Å². The highest BCUT2D eigenvalue weighted by molar-refractivity contribution is 6.31. The van der Waals surface area contributed by atoms with Crippen LogP contribution >= 0.6 is 11.6 Å². The Balaban J connectivity index is 1.84. The van der Waals surface area contributed by atoms with Crippen molar-refractivity contribution in [1.29, 1.82) is 0 Å². The summed E-state index contributed by atoms with van der Waals surface area (Å²) in [6.07, 6.45) is 2.16. The first kappa shape index (κ1) is 14.8. The number of hydrogen-bond donors (Lipinski definition) is 1. The molecule has 1 saturated heterocycles. The van der Waals surface area contributed by atoms with Crippen LogP contribution in [0.15, 0.2) is 24.3 Å². The molecule has 4 heteroatoms. The maximum absolute atomic E-state index is 6.33. The molecule has 3 nitrogen and oxygen atoms in total. The molecule has 1 fully saturated rings. The molecule has 1 aromatic rings. The van der Waals surface area contributed by atoms with E-state index in [4.69, 9.17) is 21.1 Å². The van der Waals surface area contributed by atoms with E-state index in [1.54, 1.807) is 7.11 Å². The summed E-state index contributed by atoms with van der Waals surface area (Å²) in [6.45, 7) is 4.14. The predicted molar refractivity (Wildman–Crippen MR) is 77.9 cm³/mol. The van der Waals surface area contributed by atoms with Gasteiger partial charge in [0.05, 0.1) is 13.2 Å². The van der Waals surface area contributed by atoms with Crippen molar-refractivity contribution in [1.82, 2.24) is 5.32 Å². The van der Waals surface area contributed by atoms with Crippen LogP contribution in [0.5, 0.6) is 0 Å². The molecule has 1 aromatic carbocycles. The van der Waals surface area contributed by atoms with Crippen LogP contribution in [0.1, 0.15) is 18.4 Å². The third-order valence-corrected chi connectivity index (χ3v) is 4.08. The van der Waals surface area contributed by atoms with Crippen molar-refractivity contribution in [3.05, 3.63) is 34.9 Å². The van der Waals surface area contributed by atoms with E-state index >= 15 is 0 Å². The van der Waals surface area contributed by atoms with E-state index in [2.05, 4.69) is 17.4 Å². The van der Waals surface area contributed by atoms with E-state index in [-0.39, 0.29) is 5.41 Å². The van der Waals surface area contributed by atoms with Gasteiger partial charge in [-0.25, -0.2) is 0 Å². The normalized spacial score (nSPS) is 17.2. The summed E-state index contributed by atoms with van der Waals surface area (Å²) in [7, 11) is 1.69. The first-order chi connectivity index (χ1) is 9.28. The zero-order valence-corrected chi connectivity index (χ0v) is 12.2. The number of rotatable bonds is 8. The van der Waals surface area contributed by atoms with Gasteiger partial charge in [-0.2, -0.15) is 0 Å². The second-order valence-corrected chi connectivity index (χ2v) is 5.48. The second kappa shape index (κ2) is 7.25. The third kappa shape index (κ3) is 3.69. The highest BCUT2D eigenvalue weighted by atomic mass is 35.5. The summed E-state index contributed by atoms with van der Waals surface area (Å²) >= 11 is 6.33. The minimum Gasteiger partial charge on any atom is -0.382 e. The molecule has 0 spiro atoms. The molecule has 0 radical (unpaired) electrons. The third-order valence-electron chi connectivity index (χ3n) is 3.75. The Morgan fingerprint density at radius 1 is 1.21 bits per heavy atom. The topological polar surface area (TPSA) is 30.5 Å². The zero-order chi connectivity index (χ0) is 13.6. The van der Waals surface area contributed by atoms with E-state index in [1.807, 2.05) is 12.1 Å². The van der Waals surface area contributed by atoms with Crippen LogP contribution in [-0.2, 0) is 14.9 Å². The SMILES string of the molecule is COCCOCCCC1(c2ccccc2Cl)CNC1. The van der Waals surface area contributed by atoms with Gasteiger partial charge in [-0.05, 0) is 24.5 Å². The fourth-order valence-electron chi connectivity index (χ4n) is 2.58. The van der Waals surface area contributed by atoms with Gasteiger partial charge in [0.1, 0.15) is 0 Å². The highest BCUT2D eigenvalue weighted by Crippen LogP contribution is 2.37. The molecule has 19 heavy (non-hydrogen) atoms. The standard InChI is InChI=1S/C15H22ClNO2/c1-18-9-10-19-8-4-7-15(11-17-12-15)13-5-2-3-6-14(13)16/h2-3,5-6,17H,4,7-12H2,1H3. The smallest absolute Gasteiger partial charge is 0.0700 e. The molecule has 1 aliphatic rings. The van der Waals surface area contributed by atoms with E-state index in [0.29, 0.717) is 13.2 Å². The molecule has 0 unspecified atom stereocenters. The quantitative estimate of drug-likeness (QED) is 0.744. The molecular formula is C15H22ClNO2. The van der Waals surface area contributed by atoms with Crippen molar-refractivity contribution in [3.63, 3.8) is 0 Å². The molecule has 0 aliphatic carbocycles. The number of benzene rings is 1. The van der Waals surface area contributed by atoms with Crippen molar-refractivity contribution < 1.29 is 9.47 Å². The number of methoxy groups -OCH3 is 1. The number of hydrogen-bond acceptors (Lipinski definition) is 3.